The Kier molecular flexibility index (Phi) is 2.89. The number of methoxy groups -OCH3 is 1. The fraction of sp³-hybridized carbons (Fsp3) is 0.533. The van der Waals surface area contributed by atoms with E-state index < -0.39 is 23.5 Å². The van der Waals surface area contributed by atoms with Crippen LogP contribution in [0.1, 0.15) is 6.92 Å². The van der Waals surface area contributed by atoms with Crippen LogP contribution < -0.4 is 16.8 Å². The van der Waals surface area contributed by atoms with Gasteiger partial charge < -0.3 is 25.8 Å². The van der Waals surface area contributed by atoms with Gasteiger partial charge in [-0.3, -0.25) is 14.9 Å². The minimum absolute atomic E-state index is 0.0670. The third-order valence-electron chi connectivity index (χ3n) is 5.52. The molecule has 9 nitrogen and oxygen atoms in total. The minimum Gasteiger partial charge on any atom is -0.449 e. The second-order valence-corrected chi connectivity index (χ2v) is 6.44. The quantitative estimate of drug-likeness (QED) is 0.412. The molecule has 0 saturated carbocycles. The van der Waals surface area contributed by atoms with Gasteiger partial charge in [0, 0.05) is 24.8 Å². The molecule has 1 amide bonds. The predicted molar refractivity (Wildman–Crippen MR) is 80.1 cm³/mol. The number of primary amides is 1. The summed E-state index contributed by atoms with van der Waals surface area (Å²) in [6, 6.07) is -0.0241. The summed E-state index contributed by atoms with van der Waals surface area (Å²) in [5.41, 5.74) is 10.8. The molecule has 2 fully saturated rings. The fourth-order valence-corrected chi connectivity index (χ4v) is 4.33. The average Bonchev–Trinajstić information content (AvgIpc) is 3.14. The number of allylic oxidation sites excluding steroid dienone is 2. The third-order valence-corrected chi connectivity index (χ3v) is 5.52. The summed E-state index contributed by atoms with van der Waals surface area (Å²) in [4.78, 5) is 38.5. The maximum absolute atomic E-state index is 12.8. The number of carbonyl (C=O) groups excluding carboxylic acids is 3. The first-order valence-corrected chi connectivity index (χ1v) is 7.65. The maximum atomic E-state index is 12.8. The molecule has 0 radical (unpaired) electrons. The molecule has 0 aromatic carbocycles. The smallest absolute Gasteiger partial charge is 0.404 e. The number of nitrogens with zero attached hydrogens (tertiary/aromatic N) is 1. The number of ketones is 2. The molecular formula is C15H18N4O5. The van der Waals surface area contributed by atoms with Gasteiger partial charge in [-0.25, -0.2) is 4.79 Å². The Morgan fingerprint density at radius 3 is 2.75 bits per heavy atom. The standard InChI is InChI=1S/C15H18N4O5/c1-5-9(16)12(21)8-6(4-24-14(17)22)15(23-2)13-7(3-18-15)19(13)10(8)11(5)20/h6-7,13,18H,3-4,16H2,1-2H3,(H2,17,22)/t6-,7+,13+,15-,19?/m1/s1. The van der Waals surface area contributed by atoms with Crippen LogP contribution >= 0.6 is 0 Å². The Bertz CT molecular complexity index is 757. The second kappa shape index (κ2) is 4.58. The number of nitrogens with one attached hydrogen (secondary N) is 1. The molecule has 3 heterocycles. The van der Waals surface area contributed by atoms with E-state index >= 15 is 0 Å². The van der Waals surface area contributed by atoms with E-state index in [2.05, 4.69) is 5.32 Å². The van der Waals surface area contributed by atoms with E-state index in [9.17, 15) is 14.4 Å². The molecule has 0 unspecified atom stereocenters. The summed E-state index contributed by atoms with van der Waals surface area (Å²) in [7, 11) is 1.52. The lowest BCUT2D eigenvalue weighted by Crippen LogP contribution is -2.62. The molecule has 5 N–H and O–H groups in total. The number of piperazine rings is 1. The predicted octanol–water partition coefficient (Wildman–Crippen LogP) is -1.65. The first-order valence-electron chi connectivity index (χ1n) is 7.65. The molecule has 0 aromatic heterocycles. The molecule has 1 aliphatic carbocycles. The molecule has 2 saturated heterocycles. The van der Waals surface area contributed by atoms with Crippen LogP contribution in [0, 0.1) is 5.92 Å². The number of carbonyl (C=O) groups is 3. The van der Waals surface area contributed by atoms with Crippen molar-refractivity contribution in [3.05, 3.63) is 22.5 Å². The van der Waals surface area contributed by atoms with Crippen molar-refractivity contribution in [1.82, 2.24) is 10.2 Å². The van der Waals surface area contributed by atoms with E-state index in [0.717, 1.165) is 0 Å². The van der Waals surface area contributed by atoms with Crippen LogP contribution in [-0.4, -0.2) is 60.6 Å². The van der Waals surface area contributed by atoms with E-state index in [4.69, 9.17) is 20.9 Å². The highest BCUT2D eigenvalue weighted by Gasteiger charge is 2.73. The van der Waals surface area contributed by atoms with Gasteiger partial charge in [0.2, 0.25) is 11.6 Å². The van der Waals surface area contributed by atoms with Crippen molar-refractivity contribution in [2.75, 3.05) is 20.3 Å². The van der Waals surface area contributed by atoms with Crippen molar-refractivity contribution in [3.63, 3.8) is 0 Å². The first kappa shape index (κ1) is 15.2. The van der Waals surface area contributed by atoms with Gasteiger partial charge in [-0.2, -0.15) is 0 Å². The van der Waals surface area contributed by atoms with Crippen LogP contribution in [-0.2, 0) is 19.1 Å². The largest absolute Gasteiger partial charge is 0.449 e. The van der Waals surface area contributed by atoms with Crippen LogP contribution in [0.2, 0.25) is 0 Å². The van der Waals surface area contributed by atoms with Crippen molar-refractivity contribution < 1.29 is 23.9 Å². The molecule has 0 aromatic rings. The number of hydrogen-bond donors (Lipinski definition) is 3. The van der Waals surface area contributed by atoms with Gasteiger partial charge in [0.15, 0.2) is 5.72 Å². The molecule has 0 spiro atoms. The van der Waals surface area contributed by atoms with Gasteiger partial charge in [0.25, 0.3) is 0 Å². The molecule has 128 valence electrons. The van der Waals surface area contributed by atoms with E-state index in [0.29, 0.717) is 12.2 Å². The Labute approximate surface area is 137 Å². The van der Waals surface area contributed by atoms with Gasteiger partial charge in [-0.1, -0.05) is 0 Å². The van der Waals surface area contributed by atoms with Gasteiger partial charge in [0.1, 0.15) is 6.61 Å². The van der Waals surface area contributed by atoms with E-state index in [1.807, 2.05) is 4.90 Å². The van der Waals surface area contributed by atoms with Crippen LogP contribution in [0.4, 0.5) is 4.79 Å². The summed E-state index contributed by atoms with van der Waals surface area (Å²) in [6.45, 7) is 1.99. The first-order chi connectivity index (χ1) is 11.3. The zero-order valence-electron chi connectivity index (χ0n) is 13.3. The van der Waals surface area contributed by atoms with Gasteiger partial charge in [-0.05, 0) is 6.92 Å². The number of rotatable bonds is 3. The summed E-state index contributed by atoms with van der Waals surface area (Å²) in [5, 5.41) is 3.27. The minimum atomic E-state index is -0.953. The number of ether oxygens (including phenoxy) is 2. The van der Waals surface area contributed by atoms with Crippen molar-refractivity contribution in [2.24, 2.45) is 17.4 Å². The second-order valence-electron chi connectivity index (χ2n) is 6.44. The molecule has 4 atom stereocenters. The Morgan fingerprint density at radius 2 is 2.12 bits per heavy atom. The molecule has 24 heavy (non-hydrogen) atoms. The molecule has 4 aliphatic rings. The molecule has 9 heteroatoms. The van der Waals surface area contributed by atoms with Crippen LogP contribution in [0.15, 0.2) is 22.5 Å². The SMILES string of the molecule is CO[C@@]12NC[C@H]3[C@@H]1N3C1=C(C(=O)C(N)=C(C)C1=O)[C@H]2COC(N)=O. The number of fused-ring (bicyclic) bond motifs is 2. The fourth-order valence-electron chi connectivity index (χ4n) is 4.33. The summed E-state index contributed by atoms with van der Waals surface area (Å²) in [6.07, 6.45) is -0.953. The highest BCUT2D eigenvalue weighted by atomic mass is 16.6. The van der Waals surface area contributed by atoms with Crippen LogP contribution in [0.3, 0.4) is 0 Å². The van der Waals surface area contributed by atoms with Crippen molar-refractivity contribution in [1.29, 1.82) is 0 Å². The zero-order valence-corrected chi connectivity index (χ0v) is 13.3. The highest BCUT2D eigenvalue weighted by Crippen LogP contribution is 2.56. The van der Waals surface area contributed by atoms with Crippen molar-refractivity contribution in [2.45, 2.75) is 24.7 Å². The van der Waals surface area contributed by atoms with Crippen molar-refractivity contribution >= 4 is 17.7 Å². The maximum Gasteiger partial charge on any atom is 0.404 e. The molecule has 3 aliphatic heterocycles. The van der Waals surface area contributed by atoms with Gasteiger partial charge >= 0.3 is 6.09 Å². The Hall–Kier alpha value is -2.39. The zero-order chi connectivity index (χ0) is 17.4. The van der Waals surface area contributed by atoms with E-state index in [1.54, 1.807) is 6.92 Å². The Balaban J connectivity index is 1.86. The number of amides is 1. The summed E-state index contributed by atoms with van der Waals surface area (Å²) < 4.78 is 10.7. The monoisotopic (exact) mass is 334 g/mol. The summed E-state index contributed by atoms with van der Waals surface area (Å²) in [5.74, 6) is -1.35. The van der Waals surface area contributed by atoms with Crippen LogP contribution in [0.5, 0.6) is 0 Å². The topological polar surface area (TPSA) is 137 Å². The highest BCUT2D eigenvalue weighted by molar-refractivity contribution is 6.25. The van der Waals surface area contributed by atoms with Gasteiger partial charge in [0.05, 0.1) is 29.4 Å². The van der Waals surface area contributed by atoms with E-state index in [-0.39, 0.29) is 41.3 Å². The molecule has 0 bridgehead atoms. The number of nitrogens with two attached hydrogens (primary N) is 2. The summed E-state index contributed by atoms with van der Waals surface area (Å²) >= 11 is 0. The lowest BCUT2D eigenvalue weighted by molar-refractivity contribution is -0.126. The van der Waals surface area contributed by atoms with Gasteiger partial charge in [-0.15, -0.1) is 0 Å². The lowest BCUT2D eigenvalue weighted by Gasteiger charge is -2.44. The normalized spacial score (nSPS) is 36.8. The van der Waals surface area contributed by atoms with E-state index in [1.165, 1.54) is 7.11 Å². The number of hydrogen-bond acceptors (Lipinski definition) is 8. The average molecular weight is 334 g/mol. The Morgan fingerprint density at radius 1 is 1.42 bits per heavy atom. The van der Waals surface area contributed by atoms with Crippen LogP contribution in [0.25, 0.3) is 0 Å². The lowest BCUT2D eigenvalue weighted by atomic mass is 9.76. The molecule has 4 rings (SSSR count). The molecular weight excluding hydrogens is 316 g/mol. The van der Waals surface area contributed by atoms with Crippen molar-refractivity contribution in [3.8, 4) is 0 Å². The number of Topliss-reactive ketones (excluding diaryl/α,β-unsaturated/α-hetero) is 2. The third kappa shape index (κ3) is 1.58.